The van der Waals surface area contributed by atoms with Crippen molar-refractivity contribution in [2.75, 3.05) is 13.3 Å². The molecular weight excluding hydrogens is 262 g/mol. The first-order chi connectivity index (χ1) is 7.20. The molecule has 0 spiro atoms. The molecular formula is C9H10BrN3O2+. The number of carbonyl (C=O) groups is 1. The third-order valence-electron chi connectivity index (χ3n) is 1.96. The van der Waals surface area contributed by atoms with Crippen LogP contribution in [-0.2, 0) is 9.53 Å². The highest BCUT2D eigenvalue weighted by Crippen LogP contribution is 2.17. The number of hydrogen-bond acceptors (Lipinski definition) is 5. The maximum Gasteiger partial charge on any atom is 0.362 e. The Morgan fingerprint density at radius 1 is 1.80 bits per heavy atom. The van der Waals surface area contributed by atoms with Gasteiger partial charge in [-0.05, 0) is 6.92 Å². The molecule has 0 fully saturated rings. The van der Waals surface area contributed by atoms with Gasteiger partial charge in [0.15, 0.2) is 6.20 Å². The summed E-state index contributed by atoms with van der Waals surface area (Å²) in [6, 6.07) is 0. The van der Waals surface area contributed by atoms with Gasteiger partial charge in [0.1, 0.15) is 0 Å². The van der Waals surface area contributed by atoms with Crippen LogP contribution in [0.25, 0.3) is 0 Å². The summed E-state index contributed by atoms with van der Waals surface area (Å²) in [5, 5.41) is 0. The van der Waals surface area contributed by atoms with E-state index < -0.39 is 0 Å². The molecule has 0 N–H and O–H groups in total. The first kappa shape index (κ1) is 10.4. The van der Waals surface area contributed by atoms with Gasteiger partial charge in [-0.15, -0.1) is 0 Å². The van der Waals surface area contributed by atoms with Crippen LogP contribution in [-0.4, -0.2) is 29.0 Å². The molecule has 2 aliphatic rings. The van der Waals surface area contributed by atoms with E-state index in [9.17, 15) is 4.79 Å². The summed E-state index contributed by atoms with van der Waals surface area (Å²) in [5.74, 6) is 0.377. The van der Waals surface area contributed by atoms with Crippen molar-refractivity contribution in [1.29, 1.82) is 0 Å². The lowest BCUT2D eigenvalue weighted by molar-refractivity contribution is -0.138. The van der Waals surface area contributed by atoms with E-state index >= 15 is 0 Å². The highest BCUT2D eigenvalue weighted by Gasteiger charge is 2.34. The summed E-state index contributed by atoms with van der Waals surface area (Å²) < 4.78 is 6.68. The maximum absolute atomic E-state index is 11.4. The van der Waals surface area contributed by atoms with Crippen molar-refractivity contribution in [1.82, 2.24) is 8.83 Å². The van der Waals surface area contributed by atoms with Gasteiger partial charge in [-0.1, -0.05) is 4.90 Å². The molecule has 79 valence electrons. The number of aliphatic imine (C=N–C) groups is 1. The average Bonchev–Trinajstić information content (AvgIpc) is 2.60. The topological polar surface area (TPSA) is 47.8 Å². The highest BCUT2D eigenvalue weighted by atomic mass is 79.9. The van der Waals surface area contributed by atoms with Crippen LogP contribution >= 0.6 is 16.1 Å². The number of amidine groups is 1. The van der Waals surface area contributed by atoms with E-state index in [2.05, 4.69) is 21.1 Å². The second-order valence-electron chi connectivity index (χ2n) is 3.03. The molecule has 0 aromatic rings. The predicted molar refractivity (Wildman–Crippen MR) is 59.1 cm³/mol. The van der Waals surface area contributed by atoms with Gasteiger partial charge in [-0.2, -0.15) is 4.99 Å². The second-order valence-corrected chi connectivity index (χ2v) is 3.94. The molecule has 0 unspecified atom stereocenters. The zero-order chi connectivity index (χ0) is 10.8. The van der Waals surface area contributed by atoms with Gasteiger partial charge in [0.05, 0.1) is 22.8 Å². The van der Waals surface area contributed by atoms with Crippen LogP contribution in [0.2, 0.25) is 0 Å². The molecule has 0 aromatic heterocycles. The third kappa shape index (κ3) is 2.10. The summed E-state index contributed by atoms with van der Waals surface area (Å²) in [5.41, 5.74) is 0.347. The van der Waals surface area contributed by atoms with Crippen molar-refractivity contribution < 1.29 is 9.53 Å². The van der Waals surface area contributed by atoms with Crippen molar-refractivity contribution in [2.24, 2.45) is 4.99 Å². The zero-order valence-corrected chi connectivity index (χ0v) is 9.77. The van der Waals surface area contributed by atoms with Gasteiger partial charge in [0.25, 0.3) is 5.84 Å². The van der Waals surface area contributed by atoms with Gasteiger partial charge < -0.3 is 4.74 Å². The Morgan fingerprint density at radius 2 is 2.60 bits per heavy atom. The van der Waals surface area contributed by atoms with Gasteiger partial charge >= 0.3 is 5.97 Å². The van der Waals surface area contributed by atoms with Gasteiger partial charge in [-0.3, -0.25) is 3.93 Å². The fourth-order valence-corrected chi connectivity index (χ4v) is 1.68. The lowest BCUT2D eigenvalue weighted by atomic mass is 10.4. The molecule has 5 nitrogen and oxygen atoms in total. The third-order valence-corrected chi connectivity index (χ3v) is 2.43. The minimum atomic E-state index is -0.381. The van der Waals surface area contributed by atoms with E-state index in [0.717, 1.165) is 5.84 Å². The molecule has 15 heavy (non-hydrogen) atoms. The van der Waals surface area contributed by atoms with Crippen molar-refractivity contribution >= 4 is 28.0 Å². The molecule has 6 heteroatoms. The largest absolute Gasteiger partial charge is 0.461 e. The van der Waals surface area contributed by atoms with Crippen LogP contribution in [0.5, 0.6) is 0 Å². The molecule has 0 amide bonds. The lowest BCUT2D eigenvalue weighted by Gasteiger charge is -2.13. The number of fused-ring (bicyclic) bond motifs is 1. The van der Waals surface area contributed by atoms with E-state index in [1.807, 2.05) is 21.1 Å². The molecule has 0 saturated heterocycles. The summed E-state index contributed by atoms with van der Waals surface area (Å²) in [6.45, 7) is 2.76. The van der Waals surface area contributed by atoms with Crippen LogP contribution < -0.4 is 4.90 Å². The van der Waals surface area contributed by atoms with E-state index in [1.54, 1.807) is 13.1 Å². The fourth-order valence-electron chi connectivity index (χ4n) is 1.32. The Labute approximate surface area is 96.0 Å². The van der Waals surface area contributed by atoms with E-state index in [1.165, 1.54) is 0 Å². The van der Waals surface area contributed by atoms with Gasteiger partial charge in [0.2, 0.25) is 12.4 Å². The van der Waals surface area contributed by atoms with Crippen LogP contribution in [0.3, 0.4) is 0 Å². The molecule has 2 heterocycles. The van der Waals surface area contributed by atoms with Crippen LogP contribution in [0.15, 0.2) is 29.2 Å². The molecule has 2 rings (SSSR count). The summed E-state index contributed by atoms with van der Waals surface area (Å²) in [6.07, 6.45) is 5.35. The monoisotopic (exact) mass is 271 g/mol. The molecule has 0 saturated carbocycles. The molecule has 2 aliphatic heterocycles. The number of esters is 1. The van der Waals surface area contributed by atoms with Crippen molar-refractivity contribution in [3.05, 3.63) is 24.2 Å². The standard InChI is InChI=1S/C9H10BrN3O2/c1-2-15-9(14)7-5-12-6-13(10)4-3-8(12)11-7/h3-5H,2,6H2,1H3/q+1. The average molecular weight is 272 g/mol. The van der Waals surface area contributed by atoms with Crippen molar-refractivity contribution in [2.45, 2.75) is 6.92 Å². The number of rotatable bonds is 2. The Hall–Kier alpha value is -1.14. The Bertz CT molecular complexity index is 376. The fraction of sp³-hybridized carbons (Fsp3) is 0.333. The highest BCUT2D eigenvalue weighted by molar-refractivity contribution is 9.07. The van der Waals surface area contributed by atoms with E-state index in [-0.39, 0.29) is 5.97 Å². The SMILES string of the molecule is CCOC(=O)C1=C[N+]2CN(Br)C=CC2=N1. The minimum absolute atomic E-state index is 0.347. The number of halogens is 1. The summed E-state index contributed by atoms with van der Waals surface area (Å²) in [7, 11) is 0. The lowest BCUT2D eigenvalue weighted by Crippen LogP contribution is -2.37. The van der Waals surface area contributed by atoms with Gasteiger partial charge in [-0.25, -0.2) is 4.79 Å². The van der Waals surface area contributed by atoms with Crippen molar-refractivity contribution in [3.8, 4) is 0 Å². The van der Waals surface area contributed by atoms with Crippen molar-refractivity contribution in [3.63, 3.8) is 0 Å². The van der Waals surface area contributed by atoms with Crippen LogP contribution in [0, 0.1) is 0 Å². The second kappa shape index (κ2) is 4.16. The quantitative estimate of drug-likeness (QED) is 0.428. The summed E-state index contributed by atoms with van der Waals surface area (Å²) in [4.78, 5) is 17.4. The molecule has 1 radical (unpaired) electrons. The first-order valence-electron chi connectivity index (χ1n) is 4.55. The summed E-state index contributed by atoms with van der Waals surface area (Å²) >= 11 is 3.32. The molecule has 0 aromatic carbocycles. The number of ether oxygens (including phenoxy) is 1. The molecule has 0 bridgehead atoms. The first-order valence-corrected chi connectivity index (χ1v) is 5.26. The van der Waals surface area contributed by atoms with Gasteiger partial charge in [0, 0.05) is 12.3 Å². The van der Waals surface area contributed by atoms with Crippen LogP contribution in [0.4, 0.5) is 0 Å². The number of carbonyl (C=O) groups excluding carboxylic acids is 1. The molecule has 0 aliphatic carbocycles. The smallest absolute Gasteiger partial charge is 0.362 e. The predicted octanol–water partition coefficient (Wildman–Crippen LogP) is 1.04. The van der Waals surface area contributed by atoms with Crippen LogP contribution in [0.1, 0.15) is 6.92 Å². The number of nitrogens with zero attached hydrogens (tertiary/aromatic N) is 3. The minimum Gasteiger partial charge on any atom is -0.461 e. The Morgan fingerprint density at radius 3 is 3.33 bits per heavy atom. The Kier molecular flexibility index (Phi) is 2.88. The molecule has 0 atom stereocenters. The zero-order valence-electron chi connectivity index (χ0n) is 8.18. The number of hydrogen-bond donors (Lipinski definition) is 0. The van der Waals surface area contributed by atoms with E-state index in [0.29, 0.717) is 19.0 Å². The normalized spacial score (nSPS) is 19.7. The Balaban J connectivity index is 2.14. The van der Waals surface area contributed by atoms with E-state index in [4.69, 9.17) is 4.74 Å². The maximum atomic E-state index is 11.4.